The van der Waals surface area contributed by atoms with Crippen LogP contribution in [0.1, 0.15) is 27.7 Å². The Morgan fingerprint density at radius 3 is 2.16 bits per heavy atom. The molecule has 0 amide bonds. The van der Waals surface area contributed by atoms with Crippen molar-refractivity contribution in [2.24, 2.45) is 0 Å². The molecule has 0 fully saturated rings. The van der Waals surface area contributed by atoms with Crippen LogP contribution in [0.3, 0.4) is 0 Å². The standard InChI is InChI=1S/C25H22N2O5/c1-29-18-11-9-16(10-12-18)24(32-25(28)17-7-5-4-6-8-17)23-19-13-21(30-2)22(31-3)14-20(19)26-15-27-23/h4-15,24H,1-3H3. The highest BCUT2D eigenvalue weighted by Crippen LogP contribution is 2.36. The van der Waals surface area contributed by atoms with Crippen molar-refractivity contribution < 1.29 is 23.7 Å². The van der Waals surface area contributed by atoms with Gasteiger partial charge in [0.2, 0.25) is 0 Å². The maximum Gasteiger partial charge on any atom is 0.339 e. The molecule has 0 spiro atoms. The number of nitrogens with zero attached hydrogens (tertiary/aromatic N) is 2. The van der Waals surface area contributed by atoms with Crippen LogP contribution in [0.4, 0.5) is 0 Å². The lowest BCUT2D eigenvalue weighted by atomic mass is 10.0. The Balaban J connectivity index is 1.85. The molecule has 0 saturated carbocycles. The third kappa shape index (κ3) is 4.18. The zero-order chi connectivity index (χ0) is 22.5. The predicted octanol–water partition coefficient (Wildman–Crippen LogP) is 4.60. The van der Waals surface area contributed by atoms with Gasteiger partial charge in [0.05, 0.1) is 38.1 Å². The number of aromatic nitrogens is 2. The molecular formula is C25H22N2O5. The number of ether oxygens (including phenoxy) is 4. The van der Waals surface area contributed by atoms with Crippen LogP contribution < -0.4 is 14.2 Å². The summed E-state index contributed by atoms with van der Waals surface area (Å²) in [5.41, 5.74) is 2.36. The quantitative estimate of drug-likeness (QED) is 0.396. The first-order chi connectivity index (χ1) is 15.6. The second-order valence-electron chi connectivity index (χ2n) is 6.91. The van der Waals surface area contributed by atoms with Crippen LogP contribution in [0.15, 0.2) is 73.1 Å². The Morgan fingerprint density at radius 2 is 1.50 bits per heavy atom. The van der Waals surface area contributed by atoms with Crippen LogP contribution in [-0.2, 0) is 4.74 Å². The van der Waals surface area contributed by atoms with E-state index >= 15 is 0 Å². The molecule has 1 heterocycles. The predicted molar refractivity (Wildman–Crippen MR) is 119 cm³/mol. The van der Waals surface area contributed by atoms with Gasteiger partial charge in [-0.05, 0) is 35.9 Å². The molecule has 4 aromatic rings. The molecular weight excluding hydrogens is 408 g/mol. The molecule has 0 aliphatic carbocycles. The van der Waals surface area contributed by atoms with Gasteiger partial charge < -0.3 is 18.9 Å². The monoisotopic (exact) mass is 430 g/mol. The topological polar surface area (TPSA) is 79.8 Å². The van der Waals surface area contributed by atoms with Gasteiger partial charge in [-0.3, -0.25) is 0 Å². The number of methoxy groups -OCH3 is 3. The van der Waals surface area contributed by atoms with Gasteiger partial charge in [0.25, 0.3) is 0 Å². The lowest BCUT2D eigenvalue weighted by molar-refractivity contribution is 0.0373. The lowest BCUT2D eigenvalue weighted by Crippen LogP contribution is -2.15. The summed E-state index contributed by atoms with van der Waals surface area (Å²) in [5.74, 6) is 1.31. The fraction of sp³-hybridized carbons (Fsp3) is 0.160. The van der Waals surface area contributed by atoms with Gasteiger partial charge in [-0.1, -0.05) is 30.3 Å². The van der Waals surface area contributed by atoms with E-state index in [0.29, 0.717) is 39.4 Å². The van der Waals surface area contributed by atoms with E-state index < -0.39 is 12.1 Å². The SMILES string of the molecule is COc1ccc(C(OC(=O)c2ccccc2)c2ncnc3cc(OC)c(OC)cc23)cc1. The van der Waals surface area contributed by atoms with Crippen molar-refractivity contribution in [3.63, 3.8) is 0 Å². The van der Waals surface area contributed by atoms with E-state index in [4.69, 9.17) is 18.9 Å². The molecule has 1 atom stereocenters. The van der Waals surface area contributed by atoms with Gasteiger partial charge in [-0.15, -0.1) is 0 Å². The molecule has 0 saturated heterocycles. The lowest BCUT2D eigenvalue weighted by Gasteiger charge is -2.20. The largest absolute Gasteiger partial charge is 0.497 e. The van der Waals surface area contributed by atoms with Crippen LogP contribution in [-0.4, -0.2) is 37.3 Å². The highest BCUT2D eigenvalue weighted by atomic mass is 16.5. The Morgan fingerprint density at radius 1 is 0.812 bits per heavy atom. The summed E-state index contributed by atoms with van der Waals surface area (Å²) in [5, 5.41) is 0.687. The van der Waals surface area contributed by atoms with Gasteiger partial charge >= 0.3 is 5.97 Å². The first kappa shape index (κ1) is 21.1. The number of esters is 1. The van der Waals surface area contributed by atoms with E-state index in [9.17, 15) is 4.79 Å². The van der Waals surface area contributed by atoms with E-state index in [1.807, 2.05) is 30.3 Å². The highest BCUT2D eigenvalue weighted by Gasteiger charge is 2.25. The summed E-state index contributed by atoms with van der Waals surface area (Å²) < 4.78 is 22.1. The van der Waals surface area contributed by atoms with Crippen LogP contribution in [0.2, 0.25) is 0 Å². The minimum atomic E-state index is -0.780. The fourth-order valence-electron chi connectivity index (χ4n) is 3.42. The molecule has 7 heteroatoms. The van der Waals surface area contributed by atoms with Crippen molar-refractivity contribution in [2.75, 3.05) is 21.3 Å². The summed E-state index contributed by atoms with van der Waals surface area (Å²) >= 11 is 0. The van der Waals surface area contributed by atoms with Crippen LogP contribution in [0.25, 0.3) is 10.9 Å². The minimum Gasteiger partial charge on any atom is -0.497 e. The summed E-state index contributed by atoms with van der Waals surface area (Å²) in [7, 11) is 4.72. The first-order valence-corrected chi connectivity index (χ1v) is 9.91. The maximum atomic E-state index is 12.9. The smallest absolute Gasteiger partial charge is 0.339 e. The molecule has 162 valence electrons. The van der Waals surface area contributed by atoms with E-state index in [-0.39, 0.29) is 0 Å². The van der Waals surface area contributed by atoms with E-state index in [1.54, 1.807) is 57.7 Å². The van der Waals surface area contributed by atoms with Crippen molar-refractivity contribution >= 4 is 16.9 Å². The van der Waals surface area contributed by atoms with Crippen molar-refractivity contribution in [3.8, 4) is 17.2 Å². The summed E-state index contributed by atoms with van der Waals surface area (Å²) in [6.07, 6.45) is 0.661. The van der Waals surface area contributed by atoms with Crippen LogP contribution >= 0.6 is 0 Å². The number of hydrogen-bond donors (Lipinski definition) is 0. The molecule has 0 aliphatic heterocycles. The van der Waals surface area contributed by atoms with Gasteiger partial charge in [0.15, 0.2) is 17.6 Å². The molecule has 1 aromatic heterocycles. The molecule has 0 bridgehead atoms. The Kier molecular flexibility index (Phi) is 6.17. The molecule has 0 N–H and O–H groups in total. The summed E-state index contributed by atoms with van der Waals surface area (Å²) in [6.45, 7) is 0. The third-order valence-corrected chi connectivity index (χ3v) is 5.07. The van der Waals surface area contributed by atoms with Gasteiger partial charge in [-0.25, -0.2) is 14.8 Å². The van der Waals surface area contributed by atoms with Crippen LogP contribution in [0, 0.1) is 0 Å². The fourth-order valence-corrected chi connectivity index (χ4v) is 3.42. The average molecular weight is 430 g/mol. The first-order valence-electron chi connectivity index (χ1n) is 9.91. The molecule has 7 nitrogen and oxygen atoms in total. The van der Waals surface area contributed by atoms with Crippen molar-refractivity contribution in [3.05, 3.63) is 89.9 Å². The second kappa shape index (κ2) is 9.34. The zero-order valence-corrected chi connectivity index (χ0v) is 17.9. The highest BCUT2D eigenvalue weighted by molar-refractivity contribution is 5.90. The van der Waals surface area contributed by atoms with E-state index in [1.165, 1.54) is 6.33 Å². The van der Waals surface area contributed by atoms with Gasteiger partial charge in [0.1, 0.15) is 12.1 Å². The van der Waals surface area contributed by atoms with Gasteiger partial charge in [0, 0.05) is 11.5 Å². The second-order valence-corrected chi connectivity index (χ2v) is 6.91. The molecule has 0 aliphatic rings. The number of benzene rings is 3. The minimum absolute atomic E-state index is 0.448. The Labute approximate surface area is 185 Å². The molecule has 3 aromatic carbocycles. The van der Waals surface area contributed by atoms with E-state index in [0.717, 1.165) is 5.56 Å². The average Bonchev–Trinajstić information content (AvgIpc) is 2.86. The Hall–Kier alpha value is -4.13. The van der Waals surface area contributed by atoms with E-state index in [2.05, 4.69) is 9.97 Å². The van der Waals surface area contributed by atoms with Crippen molar-refractivity contribution in [1.29, 1.82) is 0 Å². The Bertz CT molecular complexity index is 1230. The number of fused-ring (bicyclic) bond motifs is 1. The van der Waals surface area contributed by atoms with Crippen molar-refractivity contribution in [1.82, 2.24) is 9.97 Å². The number of hydrogen-bond acceptors (Lipinski definition) is 7. The van der Waals surface area contributed by atoms with Crippen molar-refractivity contribution in [2.45, 2.75) is 6.10 Å². The van der Waals surface area contributed by atoms with Crippen LogP contribution in [0.5, 0.6) is 17.2 Å². The summed E-state index contributed by atoms with van der Waals surface area (Å²) in [4.78, 5) is 21.8. The number of carbonyl (C=O) groups excluding carboxylic acids is 1. The number of carbonyl (C=O) groups is 1. The molecule has 0 radical (unpaired) electrons. The normalized spacial score (nSPS) is 11.6. The zero-order valence-electron chi connectivity index (χ0n) is 17.9. The number of rotatable bonds is 7. The summed E-state index contributed by atoms with van der Waals surface area (Å²) in [6, 6.07) is 19.7. The maximum absolute atomic E-state index is 12.9. The molecule has 4 rings (SSSR count). The molecule has 1 unspecified atom stereocenters. The van der Waals surface area contributed by atoms with Gasteiger partial charge in [-0.2, -0.15) is 0 Å². The third-order valence-electron chi connectivity index (χ3n) is 5.07. The molecule has 32 heavy (non-hydrogen) atoms.